The Morgan fingerprint density at radius 2 is 1.30 bits per heavy atom. The van der Waals surface area contributed by atoms with Crippen molar-refractivity contribution < 1.29 is 19.7 Å². The lowest BCUT2D eigenvalue weighted by molar-refractivity contribution is -0.143. The average Bonchev–Trinajstić information content (AvgIpc) is 2.89. The number of β-amino-alcohol motifs (C(OH)–C–C–N with tert-alkyl or cyclic N) is 1. The molecule has 0 radical (unpaired) electrons. The molecule has 0 aromatic heterocycles. The minimum absolute atomic E-state index is 0.170. The smallest absolute Gasteiger partial charge is 0.261 e. The van der Waals surface area contributed by atoms with E-state index in [0.717, 1.165) is 19.4 Å². The second kappa shape index (κ2) is 14.0. The first-order valence-corrected chi connectivity index (χ1v) is 16.2. The van der Waals surface area contributed by atoms with E-state index >= 15 is 0 Å². The summed E-state index contributed by atoms with van der Waals surface area (Å²) in [5.74, 6) is 0. The maximum atomic E-state index is 11.1. The molecular formula is C31H49NO4Si. The van der Waals surface area contributed by atoms with Gasteiger partial charge in [-0.1, -0.05) is 127 Å². The fourth-order valence-electron chi connectivity index (χ4n) is 5.86. The van der Waals surface area contributed by atoms with E-state index in [1.54, 1.807) is 0 Å². The van der Waals surface area contributed by atoms with Crippen molar-refractivity contribution in [1.29, 1.82) is 0 Å². The topological polar surface area (TPSA) is 73.2 Å². The lowest BCUT2D eigenvalue weighted by atomic mass is 9.94. The molecule has 1 aliphatic heterocycles. The van der Waals surface area contributed by atoms with Gasteiger partial charge in [0, 0.05) is 6.54 Å². The number of piperidine rings is 1. The van der Waals surface area contributed by atoms with E-state index < -0.39 is 26.6 Å². The maximum Gasteiger partial charge on any atom is 0.261 e. The van der Waals surface area contributed by atoms with E-state index in [1.165, 1.54) is 42.5 Å². The molecule has 1 fully saturated rings. The molecule has 5 nitrogen and oxygen atoms in total. The summed E-state index contributed by atoms with van der Waals surface area (Å²) in [7, 11) is -2.77. The van der Waals surface area contributed by atoms with Gasteiger partial charge in [-0.25, -0.2) is 0 Å². The zero-order valence-electron chi connectivity index (χ0n) is 23.4. The Labute approximate surface area is 225 Å². The molecule has 6 heteroatoms. The summed E-state index contributed by atoms with van der Waals surface area (Å²) in [5.41, 5.74) is 0. The van der Waals surface area contributed by atoms with Gasteiger partial charge in [-0.2, -0.15) is 0 Å². The largest absolute Gasteiger partial charge is 0.406 e. The van der Waals surface area contributed by atoms with Crippen LogP contribution < -0.4 is 10.4 Å². The molecule has 3 rings (SSSR count). The highest BCUT2D eigenvalue weighted by Gasteiger charge is 2.51. The molecule has 0 saturated carbocycles. The Bertz CT molecular complexity index is 865. The molecule has 4 atom stereocenters. The zero-order chi connectivity index (χ0) is 26.9. The third-order valence-corrected chi connectivity index (χ3v) is 13.0. The molecule has 1 saturated heterocycles. The van der Waals surface area contributed by atoms with Crippen LogP contribution in [0.5, 0.6) is 0 Å². The summed E-state index contributed by atoms with van der Waals surface area (Å²) in [5, 5.41) is 34.4. The van der Waals surface area contributed by atoms with Gasteiger partial charge in [0.25, 0.3) is 8.32 Å². The number of nitrogens with zero attached hydrogens (tertiary/aromatic N) is 1. The maximum absolute atomic E-state index is 11.1. The standard InChI is InChI=1S/C31H49NO4Si/c1-5-6-7-8-9-10-17-22-32-23-28(33)30(35)29(34)27(32)24-36-37(31(2,3)4,25-18-13-11-14-19-25)26-20-15-12-16-21-26/h11-16,18-21,27-30,33-35H,5-10,17,22-24H2,1-4H3/t27-,28+,29-,30-/m1/s1. The van der Waals surface area contributed by atoms with E-state index in [4.69, 9.17) is 4.43 Å². The van der Waals surface area contributed by atoms with Gasteiger partial charge < -0.3 is 19.7 Å². The van der Waals surface area contributed by atoms with Crippen LogP contribution in [-0.2, 0) is 4.43 Å². The highest BCUT2D eigenvalue weighted by molar-refractivity contribution is 6.99. The van der Waals surface area contributed by atoms with Crippen LogP contribution in [0.2, 0.25) is 5.04 Å². The predicted molar refractivity (Wildman–Crippen MR) is 155 cm³/mol. The van der Waals surface area contributed by atoms with Gasteiger partial charge in [0.05, 0.1) is 18.8 Å². The fourth-order valence-corrected chi connectivity index (χ4v) is 10.4. The number of hydrogen-bond donors (Lipinski definition) is 3. The van der Waals surface area contributed by atoms with Gasteiger partial charge in [-0.15, -0.1) is 0 Å². The SMILES string of the molecule is CCCCCCCCCN1C[C@H](O)[C@@H](O)[C@H](O)[C@H]1CO[Si](c1ccccc1)(c1ccccc1)C(C)(C)C. The predicted octanol–water partition coefficient (Wildman–Crippen LogP) is 4.08. The molecule has 1 aliphatic rings. The third-order valence-electron chi connectivity index (χ3n) is 7.97. The second-order valence-corrected chi connectivity index (χ2v) is 16.0. The lowest BCUT2D eigenvalue weighted by Gasteiger charge is -2.48. The fraction of sp³-hybridized carbons (Fsp3) is 0.613. The van der Waals surface area contributed by atoms with Gasteiger partial charge in [0.2, 0.25) is 0 Å². The molecule has 0 aliphatic carbocycles. The second-order valence-electron chi connectivity index (χ2n) is 11.7. The van der Waals surface area contributed by atoms with Crippen molar-refractivity contribution in [2.24, 2.45) is 0 Å². The van der Waals surface area contributed by atoms with E-state index in [-0.39, 0.29) is 11.1 Å². The summed E-state index contributed by atoms with van der Waals surface area (Å²) in [6.07, 6.45) is 5.27. The van der Waals surface area contributed by atoms with Crippen molar-refractivity contribution >= 4 is 18.7 Å². The quantitative estimate of drug-likeness (QED) is 0.270. The Morgan fingerprint density at radius 1 is 0.784 bits per heavy atom. The number of aliphatic hydroxyl groups excluding tert-OH is 3. The first-order chi connectivity index (χ1) is 17.7. The van der Waals surface area contributed by atoms with E-state index in [2.05, 4.69) is 81.1 Å². The average molecular weight is 528 g/mol. The normalized spacial score (nSPS) is 23.3. The van der Waals surface area contributed by atoms with Crippen LogP contribution in [0, 0.1) is 0 Å². The van der Waals surface area contributed by atoms with E-state index in [1.807, 2.05) is 12.1 Å². The molecule has 1 heterocycles. The van der Waals surface area contributed by atoms with Crippen molar-refractivity contribution in [3.8, 4) is 0 Å². The number of likely N-dealkylation sites (tertiary alicyclic amines) is 1. The first kappa shape index (κ1) is 30.0. The zero-order valence-corrected chi connectivity index (χ0v) is 24.4. The molecule has 0 bridgehead atoms. The number of aliphatic hydroxyl groups is 3. The van der Waals surface area contributed by atoms with E-state index in [9.17, 15) is 15.3 Å². The third kappa shape index (κ3) is 7.31. The highest BCUT2D eigenvalue weighted by atomic mass is 28.4. The van der Waals surface area contributed by atoms with E-state index in [0.29, 0.717) is 13.2 Å². The van der Waals surface area contributed by atoms with Gasteiger partial charge in [-0.05, 0) is 28.4 Å². The van der Waals surface area contributed by atoms with Crippen LogP contribution in [0.4, 0.5) is 0 Å². The number of rotatable bonds is 13. The van der Waals surface area contributed by atoms with Crippen LogP contribution >= 0.6 is 0 Å². The number of hydrogen-bond acceptors (Lipinski definition) is 5. The Balaban J connectivity index is 1.83. The molecule has 2 aromatic carbocycles. The molecule has 0 spiro atoms. The summed E-state index contributed by atoms with van der Waals surface area (Å²) >= 11 is 0. The minimum atomic E-state index is -2.77. The summed E-state index contributed by atoms with van der Waals surface area (Å²) in [6.45, 7) is 10.4. The van der Waals surface area contributed by atoms with Crippen LogP contribution in [0.3, 0.4) is 0 Å². The van der Waals surface area contributed by atoms with Gasteiger partial charge >= 0.3 is 0 Å². The highest BCUT2D eigenvalue weighted by Crippen LogP contribution is 2.37. The molecular weight excluding hydrogens is 478 g/mol. The minimum Gasteiger partial charge on any atom is -0.406 e. The van der Waals surface area contributed by atoms with Crippen molar-refractivity contribution in [1.82, 2.24) is 4.90 Å². The summed E-state index contributed by atoms with van der Waals surface area (Å²) in [4.78, 5) is 2.14. The van der Waals surface area contributed by atoms with Crippen LogP contribution in [0.25, 0.3) is 0 Å². The molecule has 0 amide bonds. The monoisotopic (exact) mass is 527 g/mol. The molecule has 37 heavy (non-hydrogen) atoms. The number of unbranched alkanes of at least 4 members (excludes halogenated alkanes) is 6. The van der Waals surface area contributed by atoms with Crippen molar-refractivity contribution in [3.05, 3.63) is 60.7 Å². The van der Waals surface area contributed by atoms with Crippen LogP contribution in [0.15, 0.2) is 60.7 Å². The molecule has 206 valence electrons. The molecule has 0 unspecified atom stereocenters. The van der Waals surface area contributed by atoms with Crippen molar-refractivity contribution in [3.63, 3.8) is 0 Å². The number of benzene rings is 2. The Hall–Kier alpha value is -1.54. The van der Waals surface area contributed by atoms with Gasteiger partial charge in [0.15, 0.2) is 0 Å². The Kier molecular flexibility index (Phi) is 11.4. The molecule has 2 aromatic rings. The van der Waals surface area contributed by atoms with Crippen molar-refractivity contribution in [2.75, 3.05) is 19.7 Å². The van der Waals surface area contributed by atoms with Gasteiger partial charge in [-0.3, -0.25) is 4.90 Å². The summed E-state index contributed by atoms with van der Waals surface area (Å²) < 4.78 is 7.11. The summed E-state index contributed by atoms with van der Waals surface area (Å²) in [6, 6.07) is 20.6. The molecule has 3 N–H and O–H groups in total. The van der Waals surface area contributed by atoms with Crippen molar-refractivity contribution in [2.45, 2.75) is 102 Å². The lowest BCUT2D eigenvalue weighted by Crippen LogP contribution is -2.69. The first-order valence-electron chi connectivity index (χ1n) is 14.3. The van der Waals surface area contributed by atoms with Crippen LogP contribution in [-0.4, -0.2) is 72.6 Å². The Morgan fingerprint density at radius 3 is 1.81 bits per heavy atom. The van der Waals surface area contributed by atoms with Gasteiger partial charge in [0.1, 0.15) is 12.2 Å². The van der Waals surface area contributed by atoms with Crippen LogP contribution in [0.1, 0.15) is 72.6 Å².